The van der Waals surface area contributed by atoms with E-state index in [0.717, 1.165) is 12.1 Å². The molecular weight excluding hydrogens is 318 g/mol. The Morgan fingerprint density at radius 1 is 0.792 bits per heavy atom. The highest BCUT2D eigenvalue weighted by Crippen LogP contribution is 2.24. The number of hydrogen-bond donors (Lipinski definition) is 2. The Hall–Kier alpha value is -2.76. The van der Waals surface area contributed by atoms with Crippen LogP contribution in [-0.4, -0.2) is 22.2 Å². The summed E-state index contributed by atoms with van der Waals surface area (Å²) in [6.45, 7) is 0. The molecule has 0 fully saturated rings. The van der Waals surface area contributed by atoms with Crippen molar-refractivity contribution in [2.24, 2.45) is 11.8 Å². The van der Waals surface area contributed by atoms with E-state index in [1.807, 2.05) is 0 Å². The summed E-state index contributed by atoms with van der Waals surface area (Å²) in [5, 5.41) is 18.8. The number of benzene rings is 2. The molecule has 2 rings (SSSR count). The van der Waals surface area contributed by atoms with E-state index in [1.165, 1.54) is 0 Å². The van der Waals surface area contributed by atoms with Gasteiger partial charge in [0.25, 0.3) is 0 Å². The van der Waals surface area contributed by atoms with Crippen LogP contribution in [0.4, 0.5) is 8.78 Å². The topological polar surface area (TPSA) is 74.6 Å². The van der Waals surface area contributed by atoms with Gasteiger partial charge in [0.15, 0.2) is 0 Å². The Labute approximate surface area is 137 Å². The molecule has 126 valence electrons. The predicted molar refractivity (Wildman–Crippen MR) is 82.5 cm³/mol. The maximum Gasteiger partial charge on any atom is 0.307 e. The Morgan fingerprint density at radius 2 is 1.25 bits per heavy atom. The third kappa shape index (κ3) is 4.62. The van der Waals surface area contributed by atoms with Crippen LogP contribution in [-0.2, 0) is 22.4 Å². The van der Waals surface area contributed by atoms with Crippen LogP contribution in [0.15, 0.2) is 48.5 Å². The zero-order chi connectivity index (χ0) is 17.7. The Bertz CT molecular complexity index is 711. The van der Waals surface area contributed by atoms with Gasteiger partial charge < -0.3 is 10.2 Å². The molecule has 0 heterocycles. The Kier molecular flexibility index (Phi) is 5.63. The van der Waals surface area contributed by atoms with Crippen molar-refractivity contribution < 1.29 is 28.6 Å². The van der Waals surface area contributed by atoms with Crippen molar-refractivity contribution in [1.29, 1.82) is 0 Å². The van der Waals surface area contributed by atoms with Crippen LogP contribution >= 0.6 is 0 Å². The van der Waals surface area contributed by atoms with E-state index >= 15 is 0 Å². The number of halogens is 2. The van der Waals surface area contributed by atoms with Crippen molar-refractivity contribution in [2.45, 2.75) is 12.8 Å². The summed E-state index contributed by atoms with van der Waals surface area (Å²) < 4.78 is 26.6. The van der Waals surface area contributed by atoms with Gasteiger partial charge in [-0.1, -0.05) is 30.3 Å². The van der Waals surface area contributed by atoms with Crippen LogP contribution in [0.3, 0.4) is 0 Å². The van der Waals surface area contributed by atoms with Gasteiger partial charge in [-0.2, -0.15) is 0 Å². The van der Waals surface area contributed by atoms with Gasteiger partial charge >= 0.3 is 11.9 Å². The van der Waals surface area contributed by atoms with Crippen LogP contribution in [0.5, 0.6) is 0 Å². The molecule has 0 bridgehead atoms. The minimum Gasteiger partial charge on any atom is -0.481 e. The molecule has 2 N–H and O–H groups in total. The molecule has 2 aromatic rings. The third-order valence-electron chi connectivity index (χ3n) is 3.80. The quantitative estimate of drug-likeness (QED) is 0.816. The number of carboxylic acids is 2. The number of carboxylic acid groups (broad SMARTS) is 2. The lowest BCUT2D eigenvalue weighted by molar-refractivity contribution is -0.153. The first-order valence-electron chi connectivity index (χ1n) is 7.31. The van der Waals surface area contributed by atoms with Crippen LogP contribution < -0.4 is 0 Å². The molecule has 0 unspecified atom stereocenters. The normalized spacial score (nSPS) is 13.2. The van der Waals surface area contributed by atoms with Crippen molar-refractivity contribution in [3.05, 3.63) is 71.3 Å². The van der Waals surface area contributed by atoms with Crippen LogP contribution in [0.2, 0.25) is 0 Å². The van der Waals surface area contributed by atoms with E-state index in [1.54, 1.807) is 30.3 Å². The second-order valence-corrected chi connectivity index (χ2v) is 5.56. The summed E-state index contributed by atoms with van der Waals surface area (Å²) in [6, 6.07) is 11.3. The van der Waals surface area contributed by atoms with Gasteiger partial charge in [0.1, 0.15) is 11.6 Å². The van der Waals surface area contributed by atoms with Gasteiger partial charge in [0.2, 0.25) is 0 Å². The summed E-state index contributed by atoms with van der Waals surface area (Å²) >= 11 is 0. The standard InChI is InChI=1S/C18H16F2O4/c19-13-6-12(7-14(20)10-13)9-16(18(23)24)15(17(21)22)8-11-4-2-1-3-5-11/h1-7,10,15-16H,8-9H2,(H,21,22)(H,23,24)/t15-,16+/m0/s1. The molecular formula is C18H16F2O4. The fourth-order valence-electron chi connectivity index (χ4n) is 2.65. The molecule has 2 aromatic carbocycles. The average molecular weight is 334 g/mol. The van der Waals surface area contributed by atoms with E-state index in [4.69, 9.17) is 0 Å². The summed E-state index contributed by atoms with van der Waals surface area (Å²) in [7, 11) is 0. The molecule has 0 spiro atoms. The lowest BCUT2D eigenvalue weighted by Crippen LogP contribution is -2.33. The minimum atomic E-state index is -1.32. The highest BCUT2D eigenvalue weighted by Gasteiger charge is 2.34. The molecule has 0 aliphatic rings. The molecule has 6 heteroatoms. The number of carbonyl (C=O) groups is 2. The van der Waals surface area contributed by atoms with Crippen LogP contribution in [0.1, 0.15) is 11.1 Å². The second-order valence-electron chi connectivity index (χ2n) is 5.56. The summed E-state index contributed by atoms with van der Waals surface area (Å²) in [4.78, 5) is 23.1. The largest absolute Gasteiger partial charge is 0.481 e. The first kappa shape index (κ1) is 17.6. The molecule has 0 aliphatic carbocycles. The number of hydrogen-bond acceptors (Lipinski definition) is 2. The number of aliphatic carboxylic acids is 2. The third-order valence-corrected chi connectivity index (χ3v) is 3.80. The SMILES string of the molecule is O=C(O)[C@@H](Cc1ccccc1)[C@@H](Cc1cc(F)cc(F)c1)C(=O)O. The highest BCUT2D eigenvalue weighted by atomic mass is 19.1. The maximum atomic E-state index is 13.3. The van der Waals surface area contributed by atoms with Gasteiger partial charge in [0, 0.05) is 6.07 Å². The zero-order valence-corrected chi connectivity index (χ0v) is 12.7. The lowest BCUT2D eigenvalue weighted by atomic mass is 9.82. The van der Waals surface area contributed by atoms with Crippen molar-refractivity contribution in [3.8, 4) is 0 Å². The summed E-state index contributed by atoms with van der Waals surface area (Å²) in [5.41, 5.74) is 0.792. The van der Waals surface area contributed by atoms with Gasteiger partial charge in [-0.15, -0.1) is 0 Å². The van der Waals surface area contributed by atoms with Crippen molar-refractivity contribution >= 4 is 11.9 Å². The van der Waals surface area contributed by atoms with Crippen molar-refractivity contribution in [3.63, 3.8) is 0 Å². The Balaban J connectivity index is 2.28. The maximum absolute atomic E-state index is 13.3. The van der Waals surface area contributed by atoms with Gasteiger partial charge in [-0.25, -0.2) is 8.78 Å². The van der Waals surface area contributed by atoms with E-state index in [0.29, 0.717) is 11.6 Å². The molecule has 0 saturated heterocycles. The van der Waals surface area contributed by atoms with Gasteiger partial charge in [0.05, 0.1) is 11.8 Å². The zero-order valence-electron chi connectivity index (χ0n) is 12.7. The lowest BCUT2D eigenvalue weighted by Gasteiger charge is -2.20. The monoisotopic (exact) mass is 334 g/mol. The van der Waals surface area contributed by atoms with Gasteiger partial charge in [-0.05, 0) is 36.1 Å². The molecule has 0 aromatic heterocycles. The highest BCUT2D eigenvalue weighted by molar-refractivity contribution is 5.80. The van der Waals surface area contributed by atoms with Gasteiger partial charge in [-0.3, -0.25) is 9.59 Å². The predicted octanol–water partition coefficient (Wildman–Crippen LogP) is 3.15. The van der Waals surface area contributed by atoms with E-state index in [9.17, 15) is 28.6 Å². The summed E-state index contributed by atoms with van der Waals surface area (Å²) in [5.74, 6) is -6.75. The fourth-order valence-corrected chi connectivity index (χ4v) is 2.65. The van der Waals surface area contributed by atoms with Crippen molar-refractivity contribution in [1.82, 2.24) is 0 Å². The first-order chi connectivity index (χ1) is 11.4. The number of rotatable bonds is 7. The average Bonchev–Trinajstić information content (AvgIpc) is 2.50. The van der Waals surface area contributed by atoms with Crippen LogP contribution in [0.25, 0.3) is 0 Å². The molecule has 2 atom stereocenters. The van der Waals surface area contributed by atoms with Crippen molar-refractivity contribution in [2.75, 3.05) is 0 Å². The molecule has 0 aliphatic heterocycles. The minimum absolute atomic E-state index is 0.0188. The molecule has 0 saturated carbocycles. The van der Waals surface area contributed by atoms with E-state index < -0.39 is 35.4 Å². The molecule has 4 nitrogen and oxygen atoms in total. The second kappa shape index (κ2) is 7.68. The Morgan fingerprint density at radius 3 is 1.71 bits per heavy atom. The first-order valence-corrected chi connectivity index (χ1v) is 7.31. The smallest absolute Gasteiger partial charge is 0.307 e. The molecule has 24 heavy (non-hydrogen) atoms. The fraction of sp³-hybridized carbons (Fsp3) is 0.222. The van der Waals surface area contributed by atoms with E-state index in [2.05, 4.69) is 0 Å². The van der Waals surface area contributed by atoms with E-state index in [-0.39, 0.29) is 18.4 Å². The van der Waals surface area contributed by atoms with Crippen LogP contribution in [0, 0.1) is 23.5 Å². The summed E-state index contributed by atoms with van der Waals surface area (Å²) in [6.07, 6.45) is -0.251. The molecule has 0 radical (unpaired) electrons. The molecule has 0 amide bonds.